The molecule has 3 heterocycles. The highest BCUT2D eigenvalue weighted by Crippen LogP contribution is 2.38. The van der Waals surface area contributed by atoms with E-state index in [1.165, 1.54) is 0 Å². The van der Waals surface area contributed by atoms with Crippen LogP contribution in [-0.4, -0.2) is 33.8 Å². The number of benzene rings is 2. The van der Waals surface area contributed by atoms with Crippen LogP contribution in [0, 0.1) is 23.2 Å². The van der Waals surface area contributed by atoms with Crippen molar-refractivity contribution in [1.29, 1.82) is 5.26 Å². The number of hydrogen-bond acceptors (Lipinski definition) is 6. The van der Waals surface area contributed by atoms with E-state index >= 15 is 0 Å². The lowest BCUT2D eigenvalue weighted by molar-refractivity contribution is 0.147. The Hall–Kier alpha value is -4.73. The Morgan fingerprint density at radius 3 is 2.75 bits per heavy atom. The molecule has 9 nitrogen and oxygen atoms in total. The van der Waals surface area contributed by atoms with Gasteiger partial charge in [0, 0.05) is 0 Å². The first-order valence-electron chi connectivity index (χ1n) is 11.6. The monoisotopic (exact) mass is 475 g/mol. The topological polar surface area (TPSA) is 115 Å². The standard InChI is InChI=1S/C27H21N7O2/c1-2-3-12-32-23-15-29-26(33-16-30-20-9-8-17(14-28)13-22(20)33)31-25(23)34(27(32)36)21-10-11-24(35)19-7-5-4-6-18(19)21/h4-9,13,15-16,21,24,35H,10-12H2,1H3. The van der Waals surface area contributed by atoms with Gasteiger partial charge in [0.05, 0.1) is 47.6 Å². The third-order valence-electron chi connectivity index (χ3n) is 6.74. The van der Waals surface area contributed by atoms with Gasteiger partial charge < -0.3 is 5.11 Å². The van der Waals surface area contributed by atoms with Gasteiger partial charge in [-0.3, -0.25) is 13.7 Å². The van der Waals surface area contributed by atoms with Crippen molar-refractivity contribution < 1.29 is 5.11 Å². The van der Waals surface area contributed by atoms with Crippen LogP contribution in [0.3, 0.4) is 0 Å². The van der Waals surface area contributed by atoms with E-state index in [1.54, 1.807) is 51.3 Å². The van der Waals surface area contributed by atoms with E-state index < -0.39 is 6.10 Å². The first-order chi connectivity index (χ1) is 17.6. The molecule has 0 radical (unpaired) electrons. The molecule has 176 valence electrons. The largest absolute Gasteiger partial charge is 0.388 e. The molecule has 36 heavy (non-hydrogen) atoms. The summed E-state index contributed by atoms with van der Waals surface area (Å²) in [5.74, 6) is 6.17. The molecule has 6 rings (SSSR count). The molecule has 0 saturated carbocycles. The summed E-state index contributed by atoms with van der Waals surface area (Å²) in [5, 5.41) is 19.9. The van der Waals surface area contributed by atoms with Gasteiger partial charge in [0.25, 0.3) is 0 Å². The van der Waals surface area contributed by atoms with Crippen molar-refractivity contribution in [2.24, 2.45) is 0 Å². The lowest BCUT2D eigenvalue weighted by Gasteiger charge is -2.29. The summed E-state index contributed by atoms with van der Waals surface area (Å²) in [5.41, 5.74) is 4.49. The van der Waals surface area contributed by atoms with Gasteiger partial charge in [0.2, 0.25) is 5.95 Å². The molecule has 9 heteroatoms. The summed E-state index contributed by atoms with van der Waals surface area (Å²) < 4.78 is 5.00. The Kier molecular flexibility index (Phi) is 5.14. The predicted molar refractivity (Wildman–Crippen MR) is 133 cm³/mol. The Labute approximate surface area is 205 Å². The smallest absolute Gasteiger partial charge is 0.331 e. The van der Waals surface area contributed by atoms with E-state index in [2.05, 4.69) is 27.9 Å². The van der Waals surface area contributed by atoms with Gasteiger partial charge in [-0.1, -0.05) is 30.2 Å². The number of nitriles is 1. The predicted octanol–water partition coefficient (Wildman–Crippen LogP) is 3.24. The third-order valence-corrected chi connectivity index (χ3v) is 6.74. The molecule has 2 atom stereocenters. The number of nitrogens with zero attached hydrogens (tertiary/aromatic N) is 7. The van der Waals surface area contributed by atoms with Crippen LogP contribution in [0.5, 0.6) is 0 Å². The molecule has 1 aliphatic rings. The van der Waals surface area contributed by atoms with E-state index in [0.717, 1.165) is 11.1 Å². The number of aliphatic hydroxyl groups is 1. The molecule has 2 aromatic carbocycles. The number of hydrogen-bond donors (Lipinski definition) is 1. The quantitative estimate of drug-likeness (QED) is 0.401. The normalized spacial score (nSPS) is 16.9. The molecular weight excluding hydrogens is 454 g/mol. The highest BCUT2D eigenvalue weighted by Gasteiger charge is 2.31. The van der Waals surface area contributed by atoms with Crippen molar-refractivity contribution in [3.8, 4) is 23.9 Å². The van der Waals surface area contributed by atoms with Crippen molar-refractivity contribution in [2.75, 3.05) is 0 Å². The SMILES string of the molecule is CC#CCn1c(=O)n(C2CCC(O)c3ccccc32)c2nc(-n3cnc4ccc(C#N)cc43)ncc21. The second kappa shape index (κ2) is 8.49. The first-order valence-corrected chi connectivity index (χ1v) is 11.6. The highest BCUT2D eigenvalue weighted by atomic mass is 16.3. The fourth-order valence-electron chi connectivity index (χ4n) is 5.01. The van der Waals surface area contributed by atoms with E-state index in [1.807, 2.05) is 24.3 Å². The zero-order valence-corrected chi connectivity index (χ0v) is 19.5. The summed E-state index contributed by atoms with van der Waals surface area (Å²) in [4.78, 5) is 27.6. The molecule has 0 fully saturated rings. The number of imidazole rings is 2. The molecule has 3 aromatic heterocycles. The van der Waals surface area contributed by atoms with E-state index in [9.17, 15) is 15.2 Å². The van der Waals surface area contributed by atoms with Crippen LogP contribution in [0.1, 0.15) is 48.6 Å². The van der Waals surface area contributed by atoms with E-state index in [-0.39, 0.29) is 18.3 Å². The minimum absolute atomic E-state index is 0.220. The van der Waals surface area contributed by atoms with Crippen LogP contribution in [0.4, 0.5) is 0 Å². The van der Waals surface area contributed by atoms with Crippen LogP contribution in [-0.2, 0) is 6.54 Å². The summed E-state index contributed by atoms with van der Waals surface area (Å²) in [6, 6.07) is 14.8. The average molecular weight is 476 g/mol. The van der Waals surface area contributed by atoms with Gasteiger partial charge in [-0.15, -0.1) is 5.92 Å². The van der Waals surface area contributed by atoms with Crippen LogP contribution in [0.2, 0.25) is 0 Å². The Morgan fingerprint density at radius 2 is 1.94 bits per heavy atom. The van der Waals surface area contributed by atoms with Crippen molar-refractivity contribution in [2.45, 2.75) is 38.5 Å². The molecule has 0 amide bonds. The maximum atomic E-state index is 13.8. The minimum Gasteiger partial charge on any atom is -0.388 e. The summed E-state index contributed by atoms with van der Waals surface area (Å²) in [6.07, 6.45) is 3.81. The van der Waals surface area contributed by atoms with Gasteiger partial charge >= 0.3 is 5.69 Å². The van der Waals surface area contributed by atoms with Crippen molar-refractivity contribution >= 4 is 22.2 Å². The van der Waals surface area contributed by atoms with E-state index in [0.29, 0.717) is 46.6 Å². The highest BCUT2D eigenvalue weighted by molar-refractivity contribution is 5.79. The van der Waals surface area contributed by atoms with Crippen molar-refractivity contribution in [3.63, 3.8) is 0 Å². The molecule has 0 spiro atoms. The molecule has 0 bridgehead atoms. The van der Waals surface area contributed by atoms with Crippen LogP contribution in [0.15, 0.2) is 59.8 Å². The Balaban J connectivity index is 1.60. The Morgan fingerprint density at radius 1 is 1.11 bits per heavy atom. The molecule has 0 aliphatic heterocycles. The first kappa shape index (κ1) is 21.8. The van der Waals surface area contributed by atoms with Gasteiger partial charge in [0.1, 0.15) is 11.8 Å². The van der Waals surface area contributed by atoms with E-state index in [4.69, 9.17) is 4.98 Å². The maximum Gasteiger partial charge on any atom is 0.331 e. The molecule has 0 saturated heterocycles. The number of aromatic nitrogens is 6. The van der Waals surface area contributed by atoms with Crippen LogP contribution < -0.4 is 5.69 Å². The van der Waals surface area contributed by atoms with Crippen LogP contribution in [0.25, 0.3) is 28.1 Å². The molecule has 1 aliphatic carbocycles. The lowest BCUT2D eigenvalue weighted by Crippen LogP contribution is -2.30. The minimum atomic E-state index is -0.565. The zero-order valence-electron chi connectivity index (χ0n) is 19.5. The fraction of sp³-hybridized carbons (Fsp3) is 0.222. The molecule has 2 unspecified atom stereocenters. The second-order valence-electron chi connectivity index (χ2n) is 8.71. The molecular formula is C27H21N7O2. The van der Waals surface area contributed by atoms with Gasteiger partial charge in [-0.2, -0.15) is 10.2 Å². The fourth-order valence-corrected chi connectivity index (χ4v) is 5.01. The maximum absolute atomic E-state index is 13.8. The number of aliphatic hydroxyl groups excluding tert-OH is 1. The van der Waals surface area contributed by atoms with Crippen molar-refractivity contribution in [3.05, 3.63) is 82.2 Å². The molecule has 5 aromatic rings. The second-order valence-corrected chi connectivity index (χ2v) is 8.71. The summed E-state index contributed by atoms with van der Waals surface area (Å²) in [7, 11) is 0. The number of rotatable bonds is 3. The summed E-state index contributed by atoms with van der Waals surface area (Å²) >= 11 is 0. The van der Waals surface area contributed by atoms with Crippen LogP contribution >= 0.6 is 0 Å². The zero-order chi connectivity index (χ0) is 24.8. The third kappa shape index (κ3) is 3.29. The average Bonchev–Trinajstić information content (AvgIpc) is 3.45. The summed E-state index contributed by atoms with van der Waals surface area (Å²) in [6.45, 7) is 1.95. The molecule has 1 N–H and O–H groups in total. The van der Waals surface area contributed by atoms with Crippen molar-refractivity contribution in [1.82, 2.24) is 28.7 Å². The van der Waals surface area contributed by atoms with Gasteiger partial charge in [0.15, 0.2) is 5.65 Å². The van der Waals surface area contributed by atoms with Gasteiger partial charge in [-0.05, 0) is 49.1 Å². The number of fused-ring (bicyclic) bond motifs is 3. The Bertz CT molecular complexity index is 1810. The lowest BCUT2D eigenvalue weighted by atomic mass is 9.85. The van der Waals surface area contributed by atoms with Gasteiger partial charge in [-0.25, -0.2) is 14.8 Å².